The first-order valence-electron chi connectivity index (χ1n) is 6.22. The minimum Gasteiger partial charge on any atom is -0.338 e. The molecule has 18 heavy (non-hydrogen) atoms. The molecule has 6 heteroatoms. The molecule has 6 nitrogen and oxygen atoms in total. The molecule has 1 N–H and O–H groups in total. The van der Waals surface area contributed by atoms with E-state index in [9.17, 15) is 0 Å². The molecule has 1 aliphatic rings. The molecule has 2 aromatic rings. The van der Waals surface area contributed by atoms with Gasteiger partial charge in [0.15, 0.2) is 5.82 Å². The number of rotatable bonds is 2. The van der Waals surface area contributed by atoms with Crippen molar-refractivity contribution in [3.63, 3.8) is 0 Å². The van der Waals surface area contributed by atoms with Crippen LogP contribution in [0.15, 0.2) is 16.9 Å². The second kappa shape index (κ2) is 4.20. The molecule has 0 aromatic carbocycles. The van der Waals surface area contributed by atoms with Gasteiger partial charge in [-0.15, -0.1) is 0 Å². The highest BCUT2D eigenvalue weighted by atomic mass is 16.5. The van der Waals surface area contributed by atoms with Crippen LogP contribution in [0.5, 0.6) is 0 Å². The molecule has 1 fully saturated rings. The van der Waals surface area contributed by atoms with Gasteiger partial charge in [0, 0.05) is 26.0 Å². The van der Waals surface area contributed by atoms with Crippen molar-refractivity contribution in [3.05, 3.63) is 18.3 Å². The third-order valence-electron chi connectivity index (χ3n) is 3.56. The molecule has 3 rings (SSSR count). The van der Waals surface area contributed by atoms with Gasteiger partial charge < -0.3 is 14.4 Å². The van der Waals surface area contributed by atoms with Crippen molar-refractivity contribution in [1.82, 2.24) is 25.0 Å². The smallest absolute Gasteiger partial charge is 0.238 e. The maximum atomic E-state index is 5.43. The third kappa shape index (κ3) is 1.82. The van der Waals surface area contributed by atoms with Crippen LogP contribution < -0.4 is 5.32 Å². The summed E-state index contributed by atoms with van der Waals surface area (Å²) in [5, 5.41) is 7.42. The van der Waals surface area contributed by atoms with Crippen molar-refractivity contribution in [2.45, 2.75) is 25.2 Å². The van der Waals surface area contributed by atoms with E-state index in [0.29, 0.717) is 11.7 Å². The Morgan fingerprint density at radius 1 is 1.50 bits per heavy atom. The van der Waals surface area contributed by atoms with Crippen LogP contribution in [0.1, 0.15) is 25.7 Å². The van der Waals surface area contributed by atoms with E-state index in [1.165, 1.54) is 0 Å². The lowest BCUT2D eigenvalue weighted by Crippen LogP contribution is -2.41. The first kappa shape index (κ1) is 11.4. The monoisotopic (exact) mass is 247 g/mol. The molecule has 2 aromatic heterocycles. The molecule has 1 unspecified atom stereocenters. The number of imidazole rings is 1. The number of hydrogen-bond donors (Lipinski definition) is 1. The number of nitrogens with zero attached hydrogens (tertiary/aromatic N) is 4. The third-order valence-corrected chi connectivity index (χ3v) is 3.56. The van der Waals surface area contributed by atoms with Crippen LogP contribution in [0.3, 0.4) is 0 Å². The summed E-state index contributed by atoms with van der Waals surface area (Å²) < 4.78 is 7.32. The Bertz CT molecular complexity index is 538. The van der Waals surface area contributed by atoms with E-state index in [4.69, 9.17) is 4.52 Å². The van der Waals surface area contributed by atoms with E-state index >= 15 is 0 Å². The van der Waals surface area contributed by atoms with Crippen molar-refractivity contribution in [3.8, 4) is 11.6 Å². The lowest BCUT2D eigenvalue weighted by atomic mass is 9.83. The largest absolute Gasteiger partial charge is 0.338 e. The zero-order valence-corrected chi connectivity index (χ0v) is 10.7. The van der Waals surface area contributed by atoms with E-state index in [2.05, 4.69) is 27.4 Å². The molecule has 3 heterocycles. The Kier molecular flexibility index (Phi) is 2.66. The van der Waals surface area contributed by atoms with E-state index in [0.717, 1.165) is 31.8 Å². The average molecular weight is 247 g/mol. The number of hydrogen-bond acceptors (Lipinski definition) is 5. The molecule has 0 aliphatic carbocycles. The van der Waals surface area contributed by atoms with Crippen molar-refractivity contribution >= 4 is 0 Å². The molecule has 0 bridgehead atoms. The summed E-state index contributed by atoms with van der Waals surface area (Å²) in [5.74, 6) is 1.99. The molecule has 1 atom stereocenters. The second-order valence-corrected chi connectivity index (χ2v) is 5.13. The van der Waals surface area contributed by atoms with Gasteiger partial charge in [-0.25, -0.2) is 4.98 Å². The average Bonchev–Trinajstić information content (AvgIpc) is 2.98. The van der Waals surface area contributed by atoms with E-state index in [-0.39, 0.29) is 5.41 Å². The standard InChI is InChI=1S/C12H17N5O/c1-12(4-3-5-13-8-12)11-15-9(16-18-11)10-14-6-7-17(10)2/h6-7,13H,3-5,8H2,1-2H3. The van der Waals surface area contributed by atoms with Gasteiger partial charge in [-0.2, -0.15) is 4.98 Å². The lowest BCUT2D eigenvalue weighted by molar-refractivity contribution is 0.245. The van der Waals surface area contributed by atoms with Gasteiger partial charge in [0.2, 0.25) is 11.7 Å². The predicted octanol–water partition coefficient (Wildman–Crippen LogP) is 1.11. The van der Waals surface area contributed by atoms with Crippen LogP contribution in [-0.2, 0) is 12.5 Å². The van der Waals surface area contributed by atoms with Gasteiger partial charge in [0.25, 0.3) is 0 Å². The van der Waals surface area contributed by atoms with Crippen molar-refractivity contribution in [1.29, 1.82) is 0 Å². The fourth-order valence-corrected chi connectivity index (χ4v) is 2.38. The Morgan fingerprint density at radius 3 is 3.06 bits per heavy atom. The first-order valence-corrected chi connectivity index (χ1v) is 6.22. The molecule has 0 amide bonds. The second-order valence-electron chi connectivity index (χ2n) is 5.13. The summed E-state index contributed by atoms with van der Waals surface area (Å²) in [6.07, 6.45) is 5.81. The van der Waals surface area contributed by atoms with Gasteiger partial charge in [0.05, 0.1) is 5.41 Å². The highest BCUT2D eigenvalue weighted by Gasteiger charge is 2.34. The molecule has 0 spiro atoms. The van der Waals surface area contributed by atoms with Gasteiger partial charge >= 0.3 is 0 Å². The topological polar surface area (TPSA) is 68.8 Å². The summed E-state index contributed by atoms with van der Waals surface area (Å²) in [6, 6.07) is 0. The van der Waals surface area contributed by atoms with Crippen LogP contribution in [0, 0.1) is 0 Å². The molecule has 0 saturated carbocycles. The number of piperidine rings is 1. The molecule has 1 saturated heterocycles. The summed E-state index contributed by atoms with van der Waals surface area (Å²) in [4.78, 5) is 8.74. The maximum absolute atomic E-state index is 5.43. The quantitative estimate of drug-likeness (QED) is 0.861. The number of nitrogens with one attached hydrogen (secondary N) is 1. The van der Waals surface area contributed by atoms with E-state index in [1.807, 2.05) is 17.8 Å². The zero-order valence-electron chi connectivity index (χ0n) is 10.7. The van der Waals surface area contributed by atoms with Gasteiger partial charge in [-0.3, -0.25) is 0 Å². The molecule has 0 radical (unpaired) electrons. The molecular weight excluding hydrogens is 230 g/mol. The predicted molar refractivity (Wildman–Crippen MR) is 66.0 cm³/mol. The van der Waals surface area contributed by atoms with Crippen LogP contribution in [-0.4, -0.2) is 32.8 Å². The Hall–Kier alpha value is -1.69. The Morgan fingerprint density at radius 2 is 2.39 bits per heavy atom. The van der Waals surface area contributed by atoms with E-state index in [1.54, 1.807) is 6.20 Å². The minimum absolute atomic E-state index is 0.0608. The number of aryl methyl sites for hydroxylation is 1. The fourth-order valence-electron chi connectivity index (χ4n) is 2.38. The van der Waals surface area contributed by atoms with Gasteiger partial charge in [-0.05, 0) is 26.3 Å². The minimum atomic E-state index is -0.0608. The summed E-state index contributed by atoms with van der Waals surface area (Å²) in [7, 11) is 1.92. The van der Waals surface area contributed by atoms with E-state index < -0.39 is 0 Å². The molecule has 1 aliphatic heterocycles. The molecular formula is C12H17N5O. The van der Waals surface area contributed by atoms with Crippen LogP contribution in [0.2, 0.25) is 0 Å². The zero-order chi connectivity index (χ0) is 12.6. The van der Waals surface area contributed by atoms with Gasteiger partial charge in [0.1, 0.15) is 0 Å². The van der Waals surface area contributed by atoms with Crippen LogP contribution >= 0.6 is 0 Å². The normalized spacial score (nSPS) is 24.3. The van der Waals surface area contributed by atoms with Crippen molar-refractivity contribution in [2.24, 2.45) is 7.05 Å². The highest BCUT2D eigenvalue weighted by Crippen LogP contribution is 2.30. The van der Waals surface area contributed by atoms with Crippen molar-refractivity contribution in [2.75, 3.05) is 13.1 Å². The fraction of sp³-hybridized carbons (Fsp3) is 0.583. The Balaban J connectivity index is 1.92. The number of aromatic nitrogens is 4. The SMILES string of the molecule is Cn1ccnc1-c1noc(C2(C)CCCNC2)n1. The summed E-state index contributed by atoms with van der Waals surface area (Å²) in [6.45, 7) is 4.11. The van der Waals surface area contributed by atoms with Crippen molar-refractivity contribution < 1.29 is 4.52 Å². The summed E-state index contributed by atoms with van der Waals surface area (Å²) in [5.41, 5.74) is -0.0608. The molecule has 96 valence electrons. The first-order chi connectivity index (χ1) is 8.69. The highest BCUT2D eigenvalue weighted by molar-refractivity contribution is 5.42. The maximum Gasteiger partial charge on any atom is 0.238 e. The summed E-state index contributed by atoms with van der Waals surface area (Å²) >= 11 is 0. The lowest BCUT2D eigenvalue weighted by Gasteiger charge is -2.30. The Labute approximate surface area is 105 Å². The van der Waals surface area contributed by atoms with Crippen LogP contribution in [0.25, 0.3) is 11.6 Å². The van der Waals surface area contributed by atoms with Crippen LogP contribution in [0.4, 0.5) is 0 Å². The van der Waals surface area contributed by atoms with Gasteiger partial charge in [-0.1, -0.05) is 5.16 Å².